The number of hydrogen-bond donors (Lipinski definition) is 0. The second kappa shape index (κ2) is 5.13. The van der Waals surface area contributed by atoms with Gasteiger partial charge in [0.05, 0.1) is 23.8 Å². The lowest BCUT2D eigenvalue weighted by atomic mass is 10.00. The monoisotopic (exact) mass is 284 g/mol. The van der Waals surface area contributed by atoms with Crippen molar-refractivity contribution in [1.82, 2.24) is 4.90 Å². The molecule has 1 aliphatic rings. The maximum absolute atomic E-state index is 12.9. The zero-order valence-electron chi connectivity index (χ0n) is 10.6. The number of carbonyl (C=O) groups is 1. The van der Waals surface area contributed by atoms with Crippen molar-refractivity contribution in [1.29, 1.82) is 5.26 Å². The largest absolute Gasteiger partial charge is 0.417 e. The fraction of sp³-hybridized carbons (Fsp3) is 0.385. The molecule has 1 heterocycles. The second-order valence-corrected chi connectivity index (χ2v) is 4.29. The Hall–Kier alpha value is -2.07. The summed E-state index contributed by atoms with van der Waals surface area (Å²) in [6.07, 6.45) is -4.63. The summed E-state index contributed by atoms with van der Waals surface area (Å²) in [7, 11) is 1.41. The van der Waals surface area contributed by atoms with Gasteiger partial charge in [-0.05, 0) is 6.07 Å². The first-order valence-corrected chi connectivity index (χ1v) is 5.81. The molecule has 106 valence electrons. The Bertz CT molecular complexity index is 578. The van der Waals surface area contributed by atoms with Crippen LogP contribution in [0, 0.1) is 11.3 Å². The molecule has 1 unspecified atom stereocenters. The zero-order chi connectivity index (χ0) is 14.9. The number of alkyl halides is 3. The highest BCUT2D eigenvalue weighted by molar-refractivity contribution is 6.01. The van der Waals surface area contributed by atoms with Gasteiger partial charge in [0.2, 0.25) is 0 Å². The molecular weight excluding hydrogens is 273 g/mol. The number of rotatable bonds is 3. The number of nitriles is 1. The van der Waals surface area contributed by atoms with Gasteiger partial charge in [-0.15, -0.1) is 0 Å². The average Bonchev–Trinajstić information content (AvgIpc) is 2.67. The molecule has 1 aromatic rings. The van der Waals surface area contributed by atoms with E-state index in [4.69, 9.17) is 10.00 Å². The molecule has 0 bridgehead atoms. The number of amides is 1. The van der Waals surface area contributed by atoms with E-state index in [0.717, 1.165) is 11.0 Å². The van der Waals surface area contributed by atoms with E-state index < -0.39 is 29.3 Å². The van der Waals surface area contributed by atoms with Crippen LogP contribution in [-0.2, 0) is 10.9 Å². The first kappa shape index (κ1) is 14.3. The highest BCUT2D eigenvalue weighted by Gasteiger charge is 2.44. The maximum atomic E-state index is 12.9. The van der Waals surface area contributed by atoms with Gasteiger partial charge in [0, 0.05) is 19.2 Å². The molecule has 0 aromatic heterocycles. The van der Waals surface area contributed by atoms with Gasteiger partial charge in [-0.25, -0.2) is 0 Å². The van der Waals surface area contributed by atoms with Crippen LogP contribution < -0.4 is 0 Å². The van der Waals surface area contributed by atoms with E-state index in [0.29, 0.717) is 0 Å². The van der Waals surface area contributed by atoms with E-state index in [1.165, 1.54) is 19.2 Å². The van der Waals surface area contributed by atoms with Gasteiger partial charge in [0.1, 0.15) is 6.04 Å². The number of carbonyl (C=O) groups excluding carboxylic acids is 1. The fourth-order valence-corrected chi connectivity index (χ4v) is 2.26. The van der Waals surface area contributed by atoms with E-state index in [9.17, 15) is 18.0 Å². The van der Waals surface area contributed by atoms with E-state index >= 15 is 0 Å². The summed E-state index contributed by atoms with van der Waals surface area (Å²) in [6, 6.07) is 4.30. The third kappa shape index (κ3) is 2.23. The minimum absolute atomic E-state index is 0.0690. The van der Waals surface area contributed by atoms with Crippen molar-refractivity contribution < 1.29 is 22.7 Å². The molecule has 7 heteroatoms. The van der Waals surface area contributed by atoms with Crippen molar-refractivity contribution in [3.63, 3.8) is 0 Å². The van der Waals surface area contributed by atoms with Crippen LogP contribution in [0.2, 0.25) is 0 Å². The van der Waals surface area contributed by atoms with Gasteiger partial charge in [-0.2, -0.15) is 18.4 Å². The first-order chi connectivity index (χ1) is 9.41. The Morgan fingerprint density at radius 3 is 2.70 bits per heavy atom. The number of ether oxygens (including phenoxy) is 1. The molecule has 1 aromatic carbocycles. The summed E-state index contributed by atoms with van der Waals surface area (Å²) >= 11 is 0. The van der Waals surface area contributed by atoms with Gasteiger partial charge >= 0.3 is 6.18 Å². The molecule has 1 atom stereocenters. The number of halogens is 3. The third-order valence-corrected chi connectivity index (χ3v) is 3.14. The van der Waals surface area contributed by atoms with Crippen LogP contribution in [0.1, 0.15) is 27.5 Å². The molecule has 0 spiro atoms. The zero-order valence-corrected chi connectivity index (χ0v) is 10.6. The molecule has 4 nitrogen and oxygen atoms in total. The lowest BCUT2D eigenvalue weighted by Gasteiger charge is -2.19. The molecule has 1 amide bonds. The first-order valence-electron chi connectivity index (χ1n) is 5.81. The van der Waals surface area contributed by atoms with Crippen LogP contribution in [-0.4, -0.2) is 31.1 Å². The summed E-state index contributed by atoms with van der Waals surface area (Å²) in [6.45, 7) is 0.221. The number of hydrogen-bond acceptors (Lipinski definition) is 3. The second-order valence-electron chi connectivity index (χ2n) is 4.29. The van der Waals surface area contributed by atoms with Crippen molar-refractivity contribution in [2.24, 2.45) is 0 Å². The molecular formula is C13H11F3N2O2. The van der Waals surface area contributed by atoms with Crippen molar-refractivity contribution in [2.45, 2.75) is 12.2 Å². The quantitative estimate of drug-likeness (QED) is 0.856. The smallest absolute Gasteiger partial charge is 0.383 e. The van der Waals surface area contributed by atoms with Crippen LogP contribution in [0.5, 0.6) is 0 Å². The number of fused-ring (bicyclic) bond motifs is 1. The number of nitrogens with zero attached hydrogens (tertiary/aromatic N) is 2. The molecule has 0 N–H and O–H groups in total. The predicted octanol–water partition coefficient (Wildman–Crippen LogP) is 2.37. The molecule has 0 radical (unpaired) electrons. The lowest BCUT2D eigenvalue weighted by Crippen LogP contribution is -2.31. The van der Waals surface area contributed by atoms with Crippen LogP contribution >= 0.6 is 0 Å². The lowest BCUT2D eigenvalue weighted by molar-refractivity contribution is -0.137. The Morgan fingerprint density at radius 2 is 2.15 bits per heavy atom. The van der Waals surface area contributed by atoms with Gasteiger partial charge < -0.3 is 9.64 Å². The molecule has 20 heavy (non-hydrogen) atoms. The van der Waals surface area contributed by atoms with Gasteiger partial charge in [0.25, 0.3) is 5.91 Å². The Morgan fingerprint density at radius 1 is 1.45 bits per heavy atom. The summed E-state index contributed by atoms with van der Waals surface area (Å²) in [4.78, 5) is 13.3. The molecule has 0 saturated carbocycles. The van der Waals surface area contributed by atoms with Crippen molar-refractivity contribution in [2.75, 3.05) is 20.3 Å². The Labute approximate surface area is 113 Å². The topological polar surface area (TPSA) is 53.3 Å². The number of benzene rings is 1. The maximum Gasteiger partial charge on any atom is 0.417 e. The third-order valence-electron chi connectivity index (χ3n) is 3.14. The van der Waals surface area contributed by atoms with Crippen LogP contribution in [0.3, 0.4) is 0 Å². The van der Waals surface area contributed by atoms with Crippen LogP contribution in [0.15, 0.2) is 18.2 Å². The normalized spacial score (nSPS) is 18.1. The highest BCUT2D eigenvalue weighted by atomic mass is 19.4. The Balaban J connectivity index is 2.52. The van der Waals surface area contributed by atoms with E-state index in [1.807, 2.05) is 6.07 Å². The summed E-state index contributed by atoms with van der Waals surface area (Å²) in [5.74, 6) is -0.781. The van der Waals surface area contributed by atoms with Crippen LogP contribution in [0.25, 0.3) is 0 Å². The van der Waals surface area contributed by atoms with Crippen molar-refractivity contribution >= 4 is 5.91 Å². The molecule has 1 aliphatic heterocycles. The minimum atomic E-state index is -4.63. The predicted molar refractivity (Wildman–Crippen MR) is 62.7 cm³/mol. The van der Waals surface area contributed by atoms with Gasteiger partial charge in [-0.3, -0.25) is 4.79 Å². The summed E-state index contributed by atoms with van der Waals surface area (Å²) < 4.78 is 43.7. The molecule has 0 fully saturated rings. The average molecular weight is 284 g/mol. The minimum Gasteiger partial charge on any atom is -0.383 e. The van der Waals surface area contributed by atoms with E-state index in [1.54, 1.807) is 0 Å². The highest BCUT2D eigenvalue weighted by Crippen LogP contribution is 2.41. The summed E-state index contributed by atoms with van der Waals surface area (Å²) in [5.41, 5.74) is -1.33. The standard InChI is InChI=1S/C13H11F3N2O2/c1-20-6-5-18-10(7-17)8-3-2-4-9(13(14,15)16)11(8)12(18)19/h2-4,10H,5-6H2,1H3. The van der Waals surface area contributed by atoms with Crippen molar-refractivity contribution in [3.8, 4) is 6.07 Å². The SMILES string of the molecule is COCCN1C(=O)c2c(cccc2C(F)(F)F)C1C#N. The van der Waals surface area contributed by atoms with E-state index in [2.05, 4.69) is 0 Å². The van der Waals surface area contributed by atoms with Crippen LogP contribution in [0.4, 0.5) is 13.2 Å². The fourth-order valence-electron chi connectivity index (χ4n) is 2.26. The summed E-state index contributed by atoms with van der Waals surface area (Å²) in [5, 5.41) is 9.13. The Kier molecular flexibility index (Phi) is 3.68. The molecule has 2 rings (SSSR count). The van der Waals surface area contributed by atoms with E-state index in [-0.39, 0.29) is 18.7 Å². The van der Waals surface area contributed by atoms with Crippen molar-refractivity contribution in [3.05, 3.63) is 34.9 Å². The van der Waals surface area contributed by atoms with Gasteiger partial charge in [0.15, 0.2) is 0 Å². The number of methoxy groups -OCH3 is 1. The molecule has 0 aliphatic carbocycles. The molecule has 0 saturated heterocycles. The van der Waals surface area contributed by atoms with Gasteiger partial charge in [-0.1, -0.05) is 12.1 Å².